The third-order valence-electron chi connectivity index (χ3n) is 10.2. The number of fused-ring (bicyclic) bond motifs is 6. The Morgan fingerprint density at radius 1 is 0.612 bits per heavy atom. The van der Waals surface area contributed by atoms with Gasteiger partial charge >= 0.3 is 0 Å². The molecule has 4 nitrogen and oxygen atoms in total. The van der Waals surface area contributed by atoms with Crippen molar-refractivity contribution < 1.29 is 0 Å². The highest BCUT2D eigenvalue weighted by molar-refractivity contribution is 6.17. The molecule has 1 atom stereocenters. The van der Waals surface area contributed by atoms with Crippen molar-refractivity contribution in [1.82, 2.24) is 15.0 Å². The van der Waals surface area contributed by atoms with E-state index in [0.29, 0.717) is 0 Å². The molecular weight excluding hydrogens is 597 g/mol. The molecule has 8 aromatic rings. The van der Waals surface area contributed by atoms with Crippen molar-refractivity contribution in [3.63, 3.8) is 0 Å². The van der Waals surface area contributed by atoms with Crippen molar-refractivity contribution in [1.29, 1.82) is 0 Å². The fourth-order valence-electron chi connectivity index (χ4n) is 7.99. The summed E-state index contributed by atoms with van der Waals surface area (Å²) in [6.07, 6.45) is 5.61. The molecule has 9 rings (SSSR count). The largest absolute Gasteiger partial charge is 0.371 e. The topological polar surface area (TPSA) is 50.7 Å². The second-order valence-electron chi connectivity index (χ2n) is 13.1. The highest BCUT2D eigenvalue weighted by atomic mass is 15.0. The molecule has 5 aromatic carbocycles. The van der Waals surface area contributed by atoms with Crippen molar-refractivity contribution in [2.75, 3.05) is 5.32 Å². The quantitative estimate of drug-likeness (QED) is 0.197. The summed E-state index contributed by atoms with van der Waals surface area (Å²) in [5, 5.41) is 7.59. The van der Waals surface area contributed by atoms with Crippen LogP contribution < -0.4 is 5.32 Å². The molecule has 234 valence electrons. The summed E-state index contributed by atoms with van der Waals surface area (Å²) in [4.78, 5) is 14.7. The van der Waals surface area contributed by atoms with Crippen LogP contribution in [0.2, 0.25) is 0 Å². The Morgan fingerprint density at radius 3 is 2.14 bits per heavy atom. The van der Waals surface area contributed by atoms with Gasteiger partial charge in [-0.15, -0.1) is 0 Å². The number of rotatable bonds is 4. The summed E-state index contributed by atoms with van der Waals surface area (Å²) in [5.74, 6) is 0. The number of benzene rings is 5. The average molecular weight is 631 g/mol. The SMILES string of the molecule is Cc1c2c(c(C)c3c1c(-c1ccccc1)nc1cc(-c4cncc(-c5ccccn5)c4)ccc13)C(C)(c1ccccc1)Nc1ccccc1-2. The van der Waals surface area contributed by atoms with Gasteiger partial charge in [-0.2, -0.15) is 0 Å². The fourth-order valence-corrected chi connectivity index (χ4v) is 7.99. The van der Waals surface area contributed by atoms with Crippen molar-refractivity contribution in [3.05, 3.63) is 168 Å². The molecule has 4 heterocycles. The van der Waals surface area contributed by atoms with E-state index in [1.165, 1.54) is 44.2 Å². The summed E-state index contributed by atoms with van der Waals surface area (Å²) in [7, 11) is 0. The maximum atomic E-state index is 5.49. The van der Waals surface area contributed by atoms with E-state index in [1.54, 1.807) is 0 Å². The second kappa shape index (κ2) is 11.2. The first-order chi connectivity index (χ1) is 24.0. The first kappa shape index (κ1) is 29.0. The highest BCUT2D eigenvalue weighted by Crippen LogP contribution is 2.53. The number of hydrogen-bond acceptors (Lipinski definition) is 4. The Labute approximate surface area is 286 Å². The van der Waals surface area contributed by atoms with Gasteiger partial charge in [-0.3, -0.25) is 9.97 Å². The highest BCUT2D eigenvalue weighted by Gasteiger charge is 2.39. The zero-order valence-electron chi connectivity index (χ0n) is 27.7. The zero-order valence-corrected chi connectivity index (χ0v) is 27.7. The maximum Gasteiger partial charge on any atom is 0.0859 e. The summed E-state index contributed by atoms with van der Waals surface area (Å²) >= 11 is 0. The maximum absolute atomic E-state index is 5.49. The van der Waals surface area contributed by atoms with Crippen LogP contribution in [0.25, 0.3) is 66.4 Å². The van der Waals surface area contributed by atoms with Gasteiger partial charge in [0.2, 0.25) is 0 Å². The van der Waals surface area contributed by atoms with Crippen molar-refractivity contribution in [3.8, 4) is 44.8 Å². The average Bonchev–Trinajstić information content (AvgIpc) is 3.16. The molecule has 4 heteroatoms. The van der Waals surface area contributed by atoms with Gasteiger partial charge in [0.1, 0.15) is 0 Å². The number of hydrogen-bond donors (Lipinski definition) is 1. The Bertz CT molecular complexity index is 2540. The molecule has 0 aliphatic carbocycles. The minimum absolute atomic E-state index is 0.450. The Kier molecular flexibility index (Phi) is 6.66. The molecule has 49 heavy (non-hydrogen) atoms. The van der Waals surface area contributed by atoms with Crippen LogP contribution in [0.4, 0.5) is 5.69 Å². The molecule has 0 amide bonds. The third kappa shape index (κ3) is 4.56. The number of nitrogens with one attached hydrogen (secondary N) is 1. The van der Waals surface area contributed by atoms with Crippen LogP contribution in [0.5, 0.6) is 0 Å². The van der Waals surface area contributed by atoms with E-state index in [9.17, 15) is 0 Å². The van der Waals surface area contributed by atoms with Gasteiger partial charge in [0.05, 0.1) is 22.4 Å². The number of nitrogens with zero attached hydrogens (tertiary/aromatic N) is 3. The molecular formula is C45H34N4. The predicted molar refractivity (Wildman–Crippen MR) is 203 cm³/mol. The summed E-state index contributed by atoms with van der Waals surface area (Å²) in [6.45, 7) is 6.92. The lowest BCUT2D eigenvalue weighted by atomic mass is 9.71. The van der Waals surface area contributed by atoms with Crippen molar-refractivity contribution in [2.24, 2.45) is 0 Å². The Morgan fingerprint density at radius 2 is 1.35 bits per heavy atom. The Hall–Kier alpha value is -6.13. The molecule has 0 spiro atoms. The van der Waals surface area contributed by atoms with Gasteiger partial charge in [0.15, 0.2) is 0 Å². The lowest BCUT2D eigenvalue weighted by Crippen LogP contribution is -2.37. The number of anilines is 1. The van der Waals surface area contributed by atoms with Crippen LogP contribution in [0, 0.1) is 13.8 Å². The van der Waals surface area contributed by atoms with E-state index < -0.39 is 5.54 Å². The van der Waals surface area contributed by atoms with Crippen molar-refractivity contribution in [2.45, 2.75) is 26.3 Å². The summed E-state index contributed by atoms with van der Waals surface area (Å²) in [5.41, 5.74) is 15.3. The minimum atomic E-state index is -0.450. The fraction of sp³-hybridized carbons (Fsp3) is 0.0889. The van der Waals surface area contributed by atoms with Crippen LogP contribution in [0.3, 0.4) is 0 Å². The normalized spacial score (nSPS) is 15.1. The molecule has 0 saturated carbocycles. The van der Waals surface area contributed by atoms with Gasteiger partial charge in [0, 0.05) is 57.3 Å². The molecule has 0 bridgehead atoms. The van der Waals surface area contributed by atoms with Gasteiger partial charge < -0.3 is 5.32 Å². The van der Waals surface area contributed by atoms with Crippen molar-refractivity contribution >= 4 is 27.4 Å². The van der Waals surface area contributed by atoms with Gasteiger partial charge in [0.25, 0.3) is 0 Å². The third-order valence-corrected chi connectivity index (χ3v) is 10.2. The van der Waals surface area contributed by atoms with E-state index in [-0.39, 0.29) is 0 Å². The number of pyridine rings is 3. The van der Waals surface area contributed by atoms with E-state index >= 15 is 0 Å². The molecule has 0 saturated heterocycles. The predicted octanol–water partition coefficient (Wildman–Crippen LogP) is 11.2. The van der Waals surface area contributed by atoms with Crippen LogP contribution in [-0.2, 0) is 5.54 Å². The summed E-state index contributed by atoms with van der Waals surface area (Å²) < 4.78 is 0. The smallest absolute Gasteiger partial charge is 0.0859 e. The lowest BCUT2D eigenvalue weighted by Gasteiger charge is -2.42. The van der Waals surface area contributed by atoms with Gasteiger partial charge in [-0.25, -0.2) is 4.98 Å². The van der Waals surface area contributed by atoms with E-state index in [4.69, 9.17) is 4.98 Å². The van der Waals surface area contributed by atoms with Crippen LogP contribution in [0.15, 0.2) is 146 Å². The van der Waals surface area contributed by atoms with Gasteiger partial charge in [-0.05, 0) is 89.9 Å². The molecule has 3 aromatic heterocycles. The number of aromatic nitrogens is 3. The first-order valence-corrected chi connectivity index (χ1v) is 16.8. The molecule has 1 N–H and O–H groups in total. The number of aryl methyl sites for hydroxylation is 2. The lowest BCUT2D eigenvalue weighted by molar-refractivity contribution is 0.652. The van der Waals surface area contributed by atoms with E-state index in [1.807, 2.05) is 36.8 Å². The minimum Gasteiger partial charge on any atom is -0.371 e. The Balaban J connectivity index is 1.37. The molecule has 1 aliphatic heterocycles. The monoisotopic (exact) mass is 630 g/mol. The zero-order chi connectivity index (χ0) is 33.1. The second-order valence-corrected chi connectivity index (χ2v) is 13.1. The van der Waals surface area contributed by atoms with Crippen LogP contribution >= 0.6 is 0 Å². The standard InChI is InChI=1S/C45H34N4/c1-28-41-35-18-10-11-20-38(35)49-45(3,34-16-8-5-9-17-34)43(41)29(2)40-36-22-21-31(32-24-33(27-46-26-32)37-19-12-13-23-47-37)25-39(36)48-44(42(28)40)30-14-6-4-7-15-30/h4-27,49H,1-3H3. The van der Waals surface area contributed by atoms with E-state index in [2.05, 4.69) is 145 Å². The van der Waals surface area contributed by atoms with Gasteiger partial charge in [-0.1, -0.05) is 97.1 Å². The number of para-hydroxylation sites is 1. The van der Waals surface area contributed by atoms with Crippen LogP contribution in [0.1, 0.15) is 29.2 Å². The summed E-state index contributed by atoms with van der Waals surface area (Å²) in [6, 6.07) is 45.0. The molecule has 0 fully saturated rings. The molecule has 0 radical (unpaired) electrons. The van der Waals surface area contributed by atoms with Crippen LogP contribution in [-0.4, -0.2) is 15.0 Å². The van der Waals surface area contributed by atoms with E-state index in [0.717, 1.165) is 50.2 Å². The molecule has 1 aliphatic rings. The molecule has 1 unspecified atom stereocenters. The first-order valence-electron chi connectivity index (χ1n) is 16.8.